The van der Waals surface area contributed by atoms with Gasteiger partial charge in [0.05, 0.1) is 18.1 Å². The summed E-state index contributed by atoms with van der Waals surface area (Å²) in [4.78, 5) is 3.88. The van der Waals surface area contributed by atoms with E-state index in [0.29, 0.717) is 5.56 Å². The van der Waals surface area contributed by atoms with Crippen LogP contribution in [-0.4, -0.2) is 22.9 Å². The Morgan fingerprint density at radius 3 is 2.70 bits per heavy atom. The summed E-state index contributed by atoms with van der Waals surface area (Å²) in [5.41, 5.74) is 0.405. The van der Waals surface area contributed by atoms with E-state index in [1.54, 1.807) is 0 Å². The second-order valence-electron chi connectivity index (χ2n) is 3.86. The van der Waals surface area contributed by atoms with Crippen LogP contribution in [0.4, 0.5) is 17.6 Å². The van der Waals surface area contributed by atoms with Crippen LogP contribution in [0.3, 0.4) is 0 Å². The van der Waals surface area contributed by atoms with Crippen LogP contribution in [0.25, 0.3) is 11.4 Å². The lowest BCUT2D eigenvalue weighted by Crippen LogP contribution is -2.28. The van der Waals surface area contributed by atoms with Gasteiger partial charge in [-0.15, -0.1) is 0 Å². The molecule has 9 heteroatoms. The average Bonchev–Trinajstić information content (AvgIpc) is 2.80. The highest BCUT2D eigenvalue weighted by atomic mass is 35.5. The molecule has 0 atom stereocenters. The van der Waals surface area contributed by atoms with Gasteiger partial charge in [0.15, 0.2) is 0 Å². The van der Waals surface area contributed by atoms with Crippen molar-refractivity contribution < 1.29 is 22.1 Å². The van der Waals surface area contributed by atoms with Gasteiger partial charge in [-0.1, -0.05) is 16.8 Å². The summed E-state index contributed by atoms with van der Waals surface area (Å²) in [5.74, 6) is -0.480. The minimum Gasteiger partial charge on any atom is -0.338 e. The van der Waals surface area contributed by atoms with Crippen LogP contribution in [0.15, 0.2) is 22.7 Å². The molecular formula is C11H8ClF4N3O. The Balaban J connectivity index is 2.03. The van der Waals surface area contributed by atoms with Crippen molar-refractivity contribution in [2.75, 3.05) is 6.54 Å². The predicted octanol–water partition coefficient (Wildman–Crippen LogP) is 3.18. The number of hydrogen-bond donors (Lipinski definition) is 1. The first-order valence-corrected chi connectivity index (χ1v) is 5.78. The Bertz CT molecular complexity index is 600. The summed E-state index contributed by atoms with van der Waals surface area (Å²) in [5, 5.41) is 5.60. The van der Waals surface area contributed by atoms with Gasteiger partial charge in [-0.25, -0.2) is 4.39 Å². The Kier molecular flexibility index (Phi) is 4.24. The van der Waals surface area contributed by atoms with Crippen molar-refractivity contribution in [1.29, 1.82) is 0 Å². The van der Waals surface area contributed by atoms with Gasteiger partial charge in [0.25, 0.3) is 0 Å². The van der Waals surface area contributed by atoms with Crippen LogP contribution in [0, 0.1) is 5.82 Å². The van der Waals surface area contributed by atoms with Crippen LogP contribution < -0.4 is 5.32 Å². The fraction of sp³-hybridized carbons (Fsp3) is 0.273. The number of nitrogens with zero attached hydrogens (tertiary/aromatic N) is 2. The third kappa shape index (κ3) is 3.91. The maximum atomic E-state index is 13.0. The molecule has 1 heterocycles. The first-order valence-electron chi connectivity index (χ1n) is 5.40. The summed E-state index contributed by atoms with van der Waals surface area (Å²) < 4.78 is 53.6. The zero-order valence-corrected chi connectivity index (χ0v) is 10.6. The number of halogens is 5. The van der Waals surface area contributed by atoms with Crippen molar-refractivity contribution in [3.63, 3.8) is 0 Å². The van der Waals surface area contributed by atoms with E-state index in [4.69, 9.17) is 16.1 Å². The molecule has 20 heavy (non-hydrogen) atoms. The standard InChI is InChI=1S/C11H8ClF4N3O/c12-7-3-6(1-2-8(7)13)10-18-9(20-19-10)4-17-5-11(14,15)16/h1-3,17H,4-5H2. The molecular weight excluding hydrogens is 302 g/mol. The van der Waals surface area contributed by atoms with Gasteiger partial charge in [0, 0.05) is 5.56 Å². The van der Waals surface area contributed by atoms with E-state index in [1.165, 1.54) is 12.1 Å². The second kappa shape index (κ2) is 5.76. The minimum absolute atomic E-state index is 0.00954. The minimum atomic E-state index is -4.31. The summed E-state index contributed by atoms with van der Waals surface area (Å²) in [7, 11) is 0. The zero-order valence-electron chi connectivity index (χ0n) is 9.84. The van der Waals surface area contributed by atoms with Crippen molar-refractivity contribution in [1.82, 2.24) is 15.5 Å². The van der Waals surface area contributed by atoms with Gasteiger partial charge in [-0.3, -0.25) is 0 Å². The van der Waals surface area contributed by atoms with E-state index in [9.17, 15) is 17.6 Å². The lowest BCUT2D eigenvalue weighted by atomic mass is 10.2. The van der Waals surface area contributed by atoms with E-state index >= 15 is 0 Å². The van der Waals surface area contributed by atoms with Crippen molar-refractivity contribution in [3.05, 3.63) is 34.9 Å². The summed E-state index contributed by atoms with van der Waals surface area (Å²) in [6.07, 6.45) is -4.31. The fourth-order valence-electron chi connectivity index (χ4n) is 1.39. The Labute approximate surface area is 115 Å². The molecule has 2 rings (SSSR count). The van der Waals surface area contributed by atoms with Crippen LogP contribution in [0.5, 0.6) is 0 Å². The highest BCUT2D eigenvalue weighted by Gasteiger charge is 2.26. The number of rotatable bonds is 4. The molecule has 0 aliphatic rings. The number of nitrogens with one attached hydrogen (secondary N) is 1. The Hall–Kier alpha value is -1.67. The molecule has 0 unspecified atom stereocenters. The number of hydrogen-bond acceptors (Lipinski definition) is 4. The van der Waals surface area contributed by atoms with Gasteiger partial charge in [-0.2, -0.15) is 18.2 Å². The first kappa shape index (κ1) is 14.7. The molecule has 0 saturated heterocycles. The van der Waals surface area contributed by atoms with Gasteiger partial charge in [-0.05, 0) is 18.2 Å². The maximum absolute atomic E-state index is 13.0. The van der Waals surface area contributed by atoms with Crippen molar-refractivity contribution in [3.8, 4) is 11.4 Å². The quantitative estimate of drug-likeness (QED) is 0.881. The van der Waals surface area contributed by atoms with E-state index < -0.39 is 18.5 Å². The number of alkyl halides is 3. The zero-order chi connectivity index (χ0) is 14.8. The van der Waals surface area contributed by atoms with E-state index in [0.717, 1.165) is 6.07 Å². The molecule has 2 aromatic rings. The topological polar surface area (TPSA) is 51.0 Å². The molecule has 4 nitrogen and oxygen atoms in total. The van der Waals surface area contributed by atoms with Crippen molar-refractivity contribution in [2.45, 2.75) is 12.7 Å². The molecule has 108 valence electrons. The third-order valence-corrected chi connectivity index (χ3v) is 2.54. The Morgan fingerprint density at radius 2 is 2.05 bits per heavy atom. The summed E-state index contributed by atoms with van der Waals surface area (Å²) in [6, 6.07) is 3.82. The number of aromatic nitrogens is 2. The monoisotopic (exact) mass is 309 g/mol. The van der Waals surface area contributed by atoms with Crippen LogP contribution in [0.2, 0.25) is 5.02 Å². The van der Waals surface area contributed by atoms with Gasteiger partial charge in [0.1, 0.15) is 5.82 Å². The molecule has 0 fully saturated rings. The molecule has 0 spiro atoms. The van der Waals surface area contributed by atoms with Gasteiger partial charge in [0.2, 0.25) is 11.7 Å². The van der Waals surface area contributed by atoms with Crippen LogP contribution in [0.1, 0.15) is 5.89 Å². The van der Waals surface area contributed by atoms with Gasteiger partial charge >= 0.3 is 6.18 Å². The SMILES string of the molecule is Fc1ccc(-c2noc(CNCC(F)(F)F)n2)cc1Cl. The van der Waals surface area contributed by atoms with E-state index in [1.807, 2.05) is 0 Å². The molecule has 0 bridgehead atoms. The predicted molar refractivity (Wildman–Crippen MR) is 62.5 cm³/mol. The van der Waals surface area contributed by atoms with E-state index in [2.05, 4.69) is 15.5 Å². The third-order valence-electron chi connectivity index (χ3n) is 2.25. The van der Waals surface area contributed by atoms with Gasteiger partial charge < -0.3 is 9.84 Å². The molecule has 0 aliphatic carbocycles. The summed E-state index contributed by atoms with van der Waals surface area (Å²) in [6.45, 7) is -1.38. The van der Waals surface area contributed by atoms with Crippen LogP contribution in [-0.2, 0) is 6.54 Å². The highest BCUT2D eigenvalue weighted by Crippen LogP contribution is 2.22. The molecule has 0 saturated carbocycles. The lowest BCUT2D eigenvalue weighted by Gasteiger charge is -2.05. The second-order valence-corrected chi connectivity index (χ2v) is 4.27. The normalized spacial score (nSPS) is 11.8. The average molecular weight is 310 g/mol. The van der Waals surface area contributed by atoms with E-state index in [-0.39, 0.29) is 23.3 Å². The lowest BCUT2D eigenvalue weighted by molar-refractivity contribution is -0.125. The molecule has 1 aromatic heterocycles. The van der Waals surface area contributed by atoms with Crippen LogP contribution >= 0.6 is 11.6 Å². The molecule has 0 amide bonds. The van der Waals surface area contributed by atoms with Crippen molar-refractivity contribution in [2.24, 2.45) is 0 Å². The fourth-order valence-corrected chi connectivity index (χ4v) is 1.57. The van der Waals surface area contributed by atoms with Crippen molar-refractivity contribution >= 4 is 11.6 Å². The summed E-state index contributed by atoms with van der Waals surface area (Å²) >= 11 is 5.61. The smallest absolute Gasteiger partial charge is 0.338 e. The number of benzene rings is 1. The molecule has 1 aromatic carbocycles. The molecule has 0 aliphatic heterocycles. The Morgan fingerprint density at radius 1 is 1.30 bits per heavy atom. The highest BCUT2D eigenvalue weighted by molar-refractivity contribution is 6.31. The largest absolute Gasteiger partial charge is 0.401 e. The molecule has 1 N–H and O–H groups in total. The first-order chi connectivity index (χ1) is 9.35. The maximum Gasteiger partial charge on any atom is 0.401 e. The molecule has 0 radical (unpaired) electrons.